The van der Waals surface area contributed by atoms with Gasteiger partial charge < -0.3 is 9.84 Å². The van der Waals surface area contributed by atoms with Gasteiger partial charge >= 0.3 is 6.16 Å². The van der Waals surface area contributed by atoms with E-state index in [9.17, 15) is 4.79 Å². The minimum atomic E-state index is -1.32. The number of carboxylic acid groups (broad SMARTS) is 1. The van der Waals surface area contributed by atoms with Crippen molar-refractivity contribution in [2.75, 3.05) is 0 Å². The number of carbonyl (C=O) groups is 1. The summed E-state index contributed by atoms with van der Waals surface area (Å²) in [6, 6.07) is 0. The number of rotatable bonds is 2. The minimum absolute atomic E-state index is 0.249. The fourth-order valence-corrected chi connectivity index (χ4v) is 0.671. The number of hydrogen-bond donors (Lipinski definition) is 1. The van der Waals surface area contributed by atoms with Crippen molar-refractivity contribution in [3.63, 3.8) is 0 Å². The molecular weight excluding hydrogens is 148 g/mol. The Labute approximate surface area is 63.2 Å². The molecule has 5 heteroatoms. The van der Waals surface area contributed by atoms with E-state index >= 15 is 0 Å². The predicted octanol–water partition coefficient (Wildman–Crippen LogP) is 0.960. The van der Waals surface area contributed by atoms with Gasteiger partial charge in [0.15, 0.2) is 5.75 Å². The van der Waals surface area contributed by atoms with E-state index in [0.29, 0.717) is 6.54 Å². The maximum absolute atomic E-state index is 10.0. The summed E-state index contributed by atoms with van der Waals surface area (Å²) < 4.78 is 5.91. The lowest BCUT2D eigenvalue weighted by molar-refractivity contribution is 0.144. The summed E-state index contributed by atoms with van der Waals surface area (Å²) in [6.45, 7) is 2.60. The Morgan fingerprint density at radius 1 is 1.91 bits per heavy atom. The standard InChI is InChI=1S/C6H8N2O3/c1-2-8-4-5(3-7-8)11-6(9)10/h3-4H,2H2,1H3,(H,9,10). The van der Waals surface area contributed by atoms with Gasteiger partial charge in [-0.05, 0) is 6.92 Å². The summed E-state index contributed by atoms with van der Waals surface area (Å²) in [7, 11) is 0. The van der Waals surface area contributed by atoms with Crippen molar-refractivity contribution >= 4 is 6.16 Å². The number of ether oxygens (including phenoxy) is 1. The van der Waals surface area contributed by atoms with Gasteiger partial charge in [0, 0.05) is 6.54 Å². The Bertz CT molecular complexity index is 256. The lowest BCUT2D eigenvalue weighted by Crippen LogP contribution is -2.01. The molecule has 0 unspecified atom stereocenters. The average molecular weight is 156 g/mol. The summed E-state index contributed by atoms with van der Waals surface area (Å²) in [6.07, 6.45) is 1.56. The van der Waals surface area contributed by atoms with Gasteiger partial charge in [-0.25, -0.2) is 4.79 Å². The van der Waals surface area contributed by atoms with Gasteiger partial charge in [0.2, 0.25) is 0 Å². The van der Waals surface area contributed by atoms with Crippen LogP contribution >= 0.6 is 0 Å². The van der Waals surface area contributed by atoms with Crippen LogP contribution in [0.3, 0.4) is 0 Å². The number of hydrogen-bond acceptors (Lipinski definition) is 3. The Balaban J connectivity index is 2.65. The van der Waals surface area contributed by atoms with Gasteiger partial charge in [0.05, 0.1) is 12.4 Å². The Morgan fingerprint density at radius 2 is 2.64 bits per heavy atom. The third-order valence-corrected chi connectivity index (χ3v) is 1.14. The van der Waals surface area contributed by atoms with Crippen molar-refractivity contribution in [1.82, 2.24) is 9.78 Å². The molecule has 0 saturated heterocycles. The lowest BCUT2D eigenvalue weighted by Gasteiger charge is -1.92. The molecule has 11 heavy (non-hydrogen) atoms. The first-order valence-corrected chi connectivity index (χ1v) is 3.15. The first kappa shape index (κ1) is 7.59. The highest BCUT2D eigenvalue weighted by Gasteiger charge is 2.01. The SMILES string of the molecule is CCn1cc(OC(=O)O)cn1. The second-order valence-corrected chi connectivity index (χ2v) is 1.90. The molecule has 1 aromatic rings. The van der Waals surface area contributed by atoms with Crippen molar-refractivity contribution in [2.45, 2.75) is 13.5 Å². The first-order valence-electron chi connectivity index (χ1n) is 3.15. The number of aromatic nitrogens is 2. The van der Waals surface area contributed by atoms with E-state index in [1.807, 2.05) is 6.92 Å². The molecule has 0 atom stereocenters. The monoisotopic (exact) mass is 156 g/mol. The van der Waals surface area contributed by atoms with E-state index in [4.69, 9.17) is 5.11 Å². The molecule has 0 saturated carbocycles. The van der Waals surface area contributed by atoms with Crippen LogP contribution in [-0.4, -0.2) is 21.0 Å². The largest absolute Gasteiger partial charge is 0.511 e. The number of nitrogens with zero attached hydrogens (tertiary/aromatic N) is 2. The topological polar surface area (TPSA) is 64.3 Å². The molecule has 1 rings (SSSR count). The summed E-state index contributed by atoms with van der Waals surface area (Å²) in [5, 5.41) is 12.0. The maximum Gasteiger partial charge on any atom is 0.511 e. The average Bonchev–Trinajstić information content (AvgIpc) is 2.34. The molecule has 1 heterocycles. The molecule has 0 amide bonds. The molecular formula is C6H8N2O3. The molecule has 0 bridgehead atoms. The first-order chi connectivity index (χ1) is 5.22. The molecule has 0 radical (unpaired) electrons. The highest BCUT2D eigenvalue weighted by atomic mass is 16.7. The Morgan fingerprint density at radius 3 is 3.09 bits per heavy atom. The molecule has 60 valence electrons. The smallest absolute Gasteiger partial charge is 0.449 e. The summed E-state index contributed by atoms with van der Waals surface area (Å²) in [5.41, 5.74) is 0. The predicted molar refractivity (Wildman–Crippen MR) is 36.6 cm³/mol. The zero-order valence-electron chi connectivity index (χ0n) is 6.02. The van der Waals surface area contributed by atoms with Crippen LogP contribution in [0.4, 0.5) is 4.79 Å². The van der Waals surface area contributed by atoms with Crippen molar-refractivity contribution in [1.29, 1.82) is 0 Å². The molecule has 0 aliphatic carbocycles. The van der Waals surface area contributed by atoms with Crippen LogP contribution in [0.15, 0.2) is 12.4 Å². The molecule has 0 fully saturated rings. The third-order valence-electron chi connectivity index (χ3n) is 1.14. The van der Waals surface area contributed by atoms with E-state index in [1.165, 1.54) is 12.4 Å². The van der Waals surface area contributed by atoms with Crippen LogP contribution in [0.2, 0.25) is 0 Å². The molecule has 0 aromatic carbocycles. The molecule has 1 N–H and O–H groups in total. The summed E-state index contributed by atoms with van der Waals surface area (Å²) in [4.78, 5) is 10.0. The van der Waals surface area contributed by atoms with Crippen molar-refractivity contribution in [3.05, 3.63) is 12.4 Å². The maximum atomic E-state index is 10.0. The van der Waals surface area contributed by atoms with E-state index in [2.05, 4.69) is 9.84 Å². The van der Waals surface area contributed by atoms with Gasteiger partial charge in [-0.2, -0.15) is 5.10 Å². The Kier molecular flexibility index (Phi) is 2.10. The third kappa shape index (κ3) is 1.96. The van der Waals surface area contributed by atoms with E-state index in [1.54, 1.807) is 4.68 Å². The zero-order valence-corrected chi connectivity index (χ0v) is 6.02. The van der Waals surface area contributed by atoms with Gasteiger partial charge in [0.1, 0.15) is 0 Å². The zero-order chi connectivity index (χ0) is 8.27. The van der Waals surface area contributed by atoms with Crippen LogP contribution in [0.1, 0.15) is 6.92 Å². The van der Waals surface area contributed by atoms with Crippen LogP contribution in [0, 0.1) is 0 Å². The summed E-state index contributed by atoms with van der Waals surface area (Å²) >= 11 is 0. The molecule has 5 nitrogen and oxygen atoms in total. The second-order valence-electron chi connectivity index (χ2n) is 1.90. The molecule has 0 aliphatic rings. The van der Waals surface area contributed by atoms with Gasteiger partial charge in [0.25, 0.3) is 0 Å². The quantitative estimate of drug-likeness (QED) is 0.647. The Hall–Kier alpha value is -1.52. The normalized spacial score (nSPS) is 9.55. The van der Waals surface area contributed by atoms with E-state index in [0.717, 1.165) is 0 Å². The van der Waals surface area contributed by atoms with Crippen molar-refractivity contribution in [2.24, 2.45) is 0 Å². The van der Waals surface area contributed by atoms with Gasteiger partial charge in [-0.1, -0.05) is 0 Å². The fraction of sp³-hybridized carbons (Fsp3) is 0.333. The summed E-state index contributed by atoms with van der Waals surface area (Å²) in [5.74, 6) is 0.249. The lowest BCUT2D eigenvalue weighted by atomic mass is 10.6. The van der Waals surface area contributed by atoms with Crippen LogP contribution in [0.25, 0.3) is 0 Å². The molecule has 0 aliphatic heterocycles. The van der Waals surface area contributed by atoms with Gasteiger partial charge in [-0.3, -0.25) is 4.68 Å². The number of aryl methyl sites for hydroxylation is 1. The van der Waals surface area contributed by atoms with Crippen LogP contribution in [0.5, 0.6) is 5.75 Å². The fourth-order valence-electron chi connectivity index (χ4n) is 0.671. The van der Waals surface area contributed by atoms with Crippen LogP contribution < -0.4 is 4.74 Å². The second kappa shape index (κ2) is 3.05. The van der Waals surface area contributed by atoms with E-state index in [-0.39, 0.29) is 5.75 Å². The highest BCUT2D eigenvalue weighted by molar-refractivity contribution is 5.60. The molecule has 1 aromatic heterocycles. The van der Waals surface area contributed by atoms with Crippen LogP contribution in [-0.2, 0) is 6.54 Å². The van der Waals surface area contributed by atoms with Crippen molar-refractivity contribution in [3.8, 4) is 5.75 Å². The highest BCUT2D eigenvalue weighted by Crippen LogP contribution is 2.07. The van der Waals surface area contributed by atoms with Gasteiger partial charge in [-0.15, -0.1) is 0 Å². The van der Waals surface area contributed by atoms with Crippen molar-refractivity contribution < 1.29 is 14.6 Å². The minimum Gasteiger partial charge on any atom is -0.449 e. The molecule has 0 spiro atoms. The van der Waals surface area contributed by atoms with E-state index < -0.39 is 6.16 Å².